The standard InChI is InChI=1S/2C28H23N4.C23H21N4.3Ir/c1-19-14-15-23(22-10-6-4-7-11-22)18-26(19)27-17-16-25(20(2)29-27)28-31-30-21(3)32(28)24-12-8-5-9-13-24;1-19-8-7-9-20(2)27(19)26-17-14-24(18-29-26)28-31-30-21(3)32(28)25-15-12-23(13-16-25)22-10-5-4-6-11-22;1-16(2)22-25-26-23(21-13-8-14-24-17(21)3)27(22)20-12-7-11-19(15-20)18-9-5-4-6-10-18;;;/h4-15,17-18H,1-3H3;4-13,15-18H,1-3H3;4-12,14-16H,1-3H3;;;/q3*-1;;;. The molecule has 0 saturated heterocycles. The van der Waals surface area contributed by atoms with E-state index < -0.39 is 0 Å². The number of para-hydroxylation sites is 1. The van der Waals surface area contributed by atoms with Gasteiger partial charge in [-0.3, -0.25) is 0 Å². The first-order valence-electron chi connectivity index (χ1n) is 30.4. The van der Waals surface area contributed by atoms with Crippen molar-refractivity contribution in [3.63, 3.8) is 0 Å². The van der Waals surface area contributed by atoms with Crippen LogP contribution in [0.4, 0.5) is 0 Å². The fourth-order valence-corrected chi connectivity index (χ4v) is 11.3. The topological polar surface area (TPSA) is 131 Å². The van der Waals surface area contributed by atoms with Crippen molar-refractivity contribution in [1.29, 1.82) is 0 Å². The van der Waals surface area contributed by atoms with Crippen molar-refractivity contribution in [3.05, 3.63) is 301 Å². The van der Waals surface area contributed by atoms with Gasteiger partial charge in [0.2, 0.25) is 0 Å². The van der Waals surface area contributed by atoms with Crippen LogP contribution < -0.4 is 0 Å². The van der Waals surface area contributed by atoms with E-state index in [4.69, 9.17) is 9.97 Å². The summed E-state index contributed by atoms with van der Waals surface area (Å²) in [6.45, 7) is 18.5. The number of benzene rings is 8. The van der Waals surface area contributed by atoms with Crippen molar-refractivity contribution in [2.75, 3.05) is 0 Å². The predicted molar refractivity (Wildman–Crippen MR) is 365 cm³/mol. The summed E-state index contributed by atoms with van der Waals surface area (Å²) in [6.07, 6.45) is 3.58. The summed E-state index contributed by atoms with van der Waals surface area (Å²) in [5.41, 5.74) is 22.1. The monoisotopic (exact) mass is 1760 g/mol. The number of hydrogen-bond acceptors (Lipinski definition) is 9. The van der Waals surface area contributed by atoms with Gasteiger partial charge in [-0.05, 0) is 138 Å². The molecule has 0 amide bonds. The minimum Gasteiger partial charge on any atom is -0.357 e. The van der Waals surface area contributed by atoms with Crippen molar-refractivity contribution in [1.82, 2.24) is 59.2 Å². The van der Waals surface area contributed by atoms with E-state index in [1.54, 1.807) is 6.20 Å². The SMILES string of the molecule is Cc1ccc(-c2ccccc2)cc1-c1c[c-]c(-c2nnc(C)n2-c2ccccc2)c(C)n1.Cc1cccc(C)c1-c1c[c-]c(-c2nnc(C)n2-c2ccc(-c3ccccc3)cc2)cn1.Cc1ncc[c-]c1-c1nnc(C(C)C)n1-c1cccc(-c2ccccc2)c1.[Ir].[Ir].[Ir]. The van der Waals surface area contributed by atoms with E-state index in [0.717, 1.165) is 108 Å². The zero-order valence-electron chi connectivity index (χ0n) is 53.5. The predicted octanol–water partition coefficient (Wildman–Crippen LogP) is 18.0. The number of aryl methyl sites for hydroxylation is 7. The van der Waals surface area contributed by atoms with Crippen LogP contribution in [0, 0.1) is 66.7 Å². The fraction of sp³-hybridized carbons (Fsp3) is 0.127. The molecule has 3 radical (unpaired) electrons. The number of rotatable bonds is 12. The summed E-state index contributed by atoms with van der Waals surface area (Å²) in [5.74, 6) is 5.06. The molecule has 6 heterocycles. The Bertz CT molecular complexity index is 4780. The fourth-order valence-electron chi connectivity index (χ4n) is 11.3. The Morgan fingerprint density at radius 3 is 1.44 bits per heavy atom. The van der Waals surface area contributed by atoms with Crippen molar-refractivity contribution >= 4 is 0 Å². The van der Waals surface area contributed by atoms with Gasteiger partial charge in [0.05, 0.1) is 17.5 Å². The summed E-state index contributed by atoms with van der Waals surface area (Å²) < 4.78 is 6.21. The Hall–Kier alpha value is -9.42. The summed E-state index contributed by atoms with van der Waals surface area (Å²) in [4.78, 5) is 14.1. The molecule has 12 nitrogen and oxygen atoms in total. The van der Waals surface area contributed by atoms with Gasteiger partial charge in [-0.15, -0.1) is 51.7 Å². The van der Waals surface area contributed by atoms with Crippen molar-refractivity contribution in [2.45, 2.75) is 68.2 Å². The molecule has 0 aliphatic rings. The molecule has 0 saturated carbocycles. The largest absolute Gasteiger partial charge is 0.357 e. The molecule has 0 atom stereocenters. The maximum atomic E-state index is 4.95. The number of hydrogen-bond donors (Lipinski definition) is 0. The molecule has 0 bridgehead atoms. The minimum absolute atomic E-state index is 0. The van der Waals surface area contributed by atoms with Crippen LogP contribution >= 0.6 is 0 Å². The molecule has 0 fully saturated rings. The number of nitrogens with zero attached hydrogens (tertiary/aromatic N) is 12. The van der Waals surface area contributed by atoms with Gasteiger partial charge in [0.25, 0.3) is 0 Å². The maximum absolute atomic E-state index is 4.95. The quantitative estimate of drug-likeness (QED) is 0.110. The van der Waals surface area contributed by atoms with E-state index in [1.165, 1.54) is 44.5 Å². The molecule has 0 N–H and O–H groups in total. The van der Waals surface area contributed by atoms with Gasteiger partial charge in [-0.1, -0.05) is 243 Å². The van der Waals surface area contributed by atoms with E-state index in [0.29, 0.717) is 0 Å². The molecular formula is C79H67Ir3N12-3. The van der Waals surface area contributed by atoms with Gasteiger partial charge in [0.15, 0.2) is 0 Å². The first-order chi connectivity index (χ1) is 44.4. The first-order valence-corrected chi connectivity index (χ1v) is 30.4. The second-order valence-electron chi connectivity index (χ2n) is 22.7. The maximum Gasteiger partial charge on any atom is 0.131 e. The van der Waals surface area contributed by atoms with Crippen molar-refractivity contribution in [3.8, 4) is 107 Å². The average molecular weight is 1760 g/mol. The van der Waals surface area contributed by atoms with Gasteiger partial charge < -0.3 is 28.7 Å². The molecule has 0 spiro atoms. The van der Waals surface area contributed by atoms with Crippen LogP contribution in [0.3, 0.4) is 0 Å². The van der Waals surface area contributed by atoms with Crippen LogP contribution in [-0.4, -0.2) is 59.2 Å². The van der Waals surface area contributed by atoms with E-state index in [-0.39, 0.29) is 66.2 Å². The van der Waals surface area contributed by atoms with Crippen LogP contribution in [0.2, 0.25) is 0 Å². The molecule has 94 heavy (non-hydrogen) atoms. The zero-order chi connectivity index (χ0) is 63.0. The summed E-state index contributed by atoms with van der Waals surface area (Å²) in [6, 6.07) is 86.8. The summed E-state index contributed by atoms with van der Waals surface area (Å²) in [5, 5.41) is 26.5. The second-order valence-corrected chi connectivity index (χ2v) is 22.7. The Kier molecular flexibility index (Phi) is 23.1. The van der Waals surface area contributed by atoms with E-state index >= 15 is 0 Å². The third kappa shape index (κ3) is 15.1. The molecule has 14 aromatic rings. The number of pyridine rings is 3. The molecule has 0 unspecified atom stereocenters. The second kappa shape index (κ2) is 31.5. The van der Waals surface area contributed by atoms with Crippen molar-refractivity contribution in [2.24, 2.45) is 0 Å². The average Bonchev–Trinajstić information content (AvgIpc) is 1.57. The first kappa shape index (κ1) is 68.9. The van der Waals surface area contributed by atoms with Crippen LogP contribution in [0.1, 0.15) is 65.3 Å². The molecule has 0 aliphatic heterocycles. The van der Waals surface area contributed by atoms with Crippen LogP contribution in [0.15, 0.2) is 237 Å². The molecular weight excluding hydrogens is 1690 g/mol. The molecule has 15 heteroatoms. The molecule has 0 aliphatic carbocycles. The molecule has 6 aromatic heterocycles. The smallest absolute Gasteiger partial charge is 0.131 e. The Morgan fingerprint density at radius 2 is 0.851 bits per heavy atom. The summed E-state index contributed by atoms with van der Waals surface area (Å²) >= 11 is 0. The van der Waals surface area contributed by atoms with Gasteiger partial charge in [-0.25, -0.2) is 0 Å². The van der Waals surface area contributed by atoms with E-state index in [1.807, 2.05) is 97.6 Å². The van der Waals surface area contributed by atoms with Crippen LogP contribution in [-0.2, 0) is 60.3 Å². The third-order valence-corrected chi connectivity index (χ3v) is 16.0. The Morgan fingerprint density at radius 1 is 0.372 bits per heavy atom. The molecule has 14 rings (SSSR count). The normalized spacial score (nSPS) is 10.7. The molecule has 8 aromatic carbocycles. The van der Waals surface area contributed by atoms with E-state index in [2.05, 4.69) is 263 Å². The zero-order valence-corrected chi connectivity index (χ0v) is 60.6. The third-order valence-electron chi connectivity index (χ3n) is 16.0. The van der Waals surface area contributed by atoms with Crippen LogP contribution in [0.5, 0.6) is 0 Å². The van der Waals surface area contributed by atoms with Gasteiger partial charge in [0.1, 0.15) is 17.5 Å². The van der Waals surface area contributed by atoms with Crippen LogP contribution in [0.25, 0.3) is 107 Å². The van der Waals surface area contributed by atoms with E-state index in [9.17, 15) is 0 Å². The van der Waals surface area contributed by atoms with Gasteiger partial charge in [-0.2, -0.15) is 15.3 Å². The van der Waals surface area contributed by atoms with Gasteiger partial charge >= 0.3 is 0 Å². The number of aromatic nitrogens is 12. The molecule has 473 valence electrons. The summed E-state index contributed by atoms with van der Waals surface area (Å²) in [7, 11) is 0. The Labute approximate surface area is 590 Å². The Balaban J connectivity index is 0.000000164. The minimum atomic E-state index is 0. The van der Waals surface area contributed by atoms with Gasteiger partial charge in [0, 0.05) is 83.3 Å². The van der Waals surface area contributed by atoms with Crippen molar-refractivity contribution < 1.29 is 60.3 Å².